The van der Waals surface area contributed by atoms with Gasteiger partial charge in [-0.05, 0) is 60.6 Å². The summed E-state index contributed by atoms with van der Waals surface area (Å²) in [4.78, 5) is 38.8. The Balaban J connectivity index is 1.29. The fraction of sp³-hybridized carbons (Fsp3) is 0.433. The number of aromatic nitrogens is 2. The topological polar surface area (TPSA) is 112 Å². The van der Waals surface area contributed by atoms with Crippen LogP contribution in [0.15, 0.2) is 58.3 Å². The van der Waals surface area contributed by atoms with Gasteiger partial charge in [-0.1, -0.05) is 18.2 Å². The van der Waals surface area contributed by atoms with Crippen LogP contribution >= 0.6 is 0 Å². The van der Waals surface area contributed by atoms with E-state index >= 15 is 0 Å². The monoisotopic (exact) mass is 549 g/mol. The van der Waals surface area contributed by atoms with Crippen LogP contribution in [-0.2, 0) is 37.8 Å². The SMILES string of the molecule is COc1cc(CN(CCc2ccc3c(c2)CCO3)C2(C(=O)O)CCC2)ccc1OCCn1c(=O)ccn(C)c1=O. The third-order valence-corrected chi connectivity index (χ3v) is 8.02. The van der Waals surface area contributed by atoms with Crippen LogP contribution in [0.3, 0.4) is 0 Å². The number of methoxy groups -OCH3 is 1. The van der Waals surface area contributed by atoms with E-state index in [2.05, 4.69) is 17.0 Å². The molecule has 3 aromatic rings. The highest BCUT2D eigenvalue weighted by atomic mass is 16.5. The van der Waals surface area contributed by atoms with Crippen molar-refractivity contribution in [3.05, 3.63) is 86.2 Å². The van der Waals surface area contributed by atoms with Crippen LogP contribution in [0, 0.1) is 0 Å². The van der Waals surface area contributed by atoms with E-state index in [1.54, 1.807) is 20.2 Å². The van der Waals surface area contributed by atoms with Crippen LogP contribution in [0.2, 0.25) is 0 Å². The molecular weight excluding hydrogens is 514 g/mol. The minimum Gasteiger partial charge on any atom is -0.493 e. The van der Waals surface area contributed by atoms with Crippen LogP contribution < -0.4 is 25.5 Å². The minimum atomic E-state index is -0.878. The molecular formula is C30H35N3O7. The summed E-state index contributed by atoms with van der Waals surface area (Å²) in [5, 5.41) is 10.2. The quantitative estimate of drug-likeness (QED) is 0.367. The molecule has 0 atom stereocenters. The molecule has 10 nitrogen and oxygen atoms in total. The van der Waals surface area contributed by atoms with E-state index in [0.29, 0.717) is 44.0 Å². The van der Waals surface area contributed by atoms with Gasteiger partial charge in [-0.3, -0.25) is 19.1 Å². The number of fused-ring (bicyclic) bond motifs is 1. The van der Waals surface area contributed by atoms with Crippen LogP contribution in [0.5, 0.6) is 17.2 Å². The van der Waals surface area contributed by atoms with Crippen molar-refractivity contribution in [2.45, 2.75) is 50.7 Å². The van der Waals surface area contributed by atoms with Gasteiger partial charge in [0, 0.05) is 38.8 Å². The molecule has 5 rings (SSSR count). The molecule has 0 saturated heterocycles. The second-order valence-corrected chi connectivity index (χ2v) is 10.4. The highest BCUT2D eigenvalue weighted by Crippen LogP contribution is 2.40. The lowest BCUT2D eigenvalue weighted by Gasteiger charge is -2.47. The molecule has 212 valence electrons. The maximum Gasteiger partial charge on any atom is 0.330 e. The van der Waals surface area contributed by atoms with Crippen molar-refractivity contribution in [1.82, 2.24) is 14.0 Å². The predicted molar refractivity (Wildman–Crippen MR) is 148 cm³/mol. The van der Waals surface area contributed by atoms with Crippen LogP contribution in [0.4, 0.5) is 0 Å². The van der Waals surface area contributed by atoms with E-state index < -0.39 is 17.2 Å². The fourth-order valence-electron chi connectivity index (χ4n) is 5.50. The number of carboxylic acids is 1. The summed E-state index contributed by atoms with van der Waals surface area (Å²) < 4.78 is 19.5. The van der Waals surface area contributed by atoms with Gasteiger partial charge in [0.05, 0.1) is 20.3 Å². The molecule has 0 bridgehead atoms. The first kappa shape index (κ1) is 27.5. The van der Waals surface area contributed by atoms with Gasteiger partial charge in [0.15, 0.2) is 11.5 Å². The van der Waals surface area contributed by atoms with E-state index in [0.717, 1.165) is 35.1 Å². The Morgan fingerprint density at radius 2 is 1.90 bits per heavy atom. The third-order valence-electron chi connectivity index (χ3n) is 8.02. The highest BCUT2D eigenvalue weighted by Gasteiger charge is 2.49. The molecule has 40 heavy (non-hydrogen) atoms. The largest absolute Gasteiger partial charge is 0.493 e. The Hall–Kier alpha value is -4.05. The number of aliphatic carboxylic acids is 1. The number of hydrogen-bond acceptors (Lipinski definition) is 7. The summed E-state index contributed by atoms with van der Waals surface area (Å²) >= 11 is 0. The van der Waals surface area contributed by atoms with Gasteiger partial charge in [-0.25, -0.2) is 4.79 Å². The van der Waals surface area contributed by atoms with E-state index in [1.165, 1.54) is 28.0 Å². The van der Waals surface area contributed by atoms with Gasteiger partial charge in [0.1, 0.15) is 17.9 Å². The first-order valence-corrected chi connectivity index (χ1v) is 13.6. The van der Waals surface area contributed by atoms with Crippen LogP contribution in [0.1, 0.15) is 36.0 Å². The Bertz CT molecular complexity index is 1510. The summed E-state index contributed by atoms with van der Waals surface area (Å²) in [5.41, 5.74) is 1.62. The van der Waals surface area contributed by atoms with E-state index in [4.69, 9.17) is 14.2 Å². The van der Waals surface area contributed by atoms with Crippen LogP contribution in [-0.4, -0.2) is 57.5 Å². The van der Waals surface area contributed by atoms with Gasteiger partial charge in [0.2, 0.25) is 0 Å². The molecule has 0 unspecified atom stereocenters. The fourth-order valence-corrected chi connectivity index (χ4v) is 5.50. The predicted octanol–water partition coefficient (Wildman–Crippen LogP) is 2.62. The number of aryl methyl sites for hydroxylation is 1. The Kier molecular flexibility index (Phi) is 7.97. The number of hydrogen-bond donors (Lipinski definition) is 1. The number of nitrogens with zero attached hydrogens (tertiary/aromatic N) is 3. The number of ether oxygens (including phenoxy) is 3. The second-order valence-electron chi connectivity index (χ2n) is 10.4. The Morgan fingerprint density at radius 3 is 2.62 bits per heavy atom. The van der Waals surface area contributed by atoms with Gasteiger partial charge < -0.3 is 23.9 Å². The molecule has 2 aromatic carbocycles. The van der Waals surface area contributed by atoms with Gasteiger partial charge in [-0.2, -0.15) is 0 Å². The molecule has 0 amide bonds. The van der Waals surface area contributed by atoms with Crippen molar-refractivity contribution in [3.63, 3.8) is 0 Å². The molecule has 1 aliphatic carbocycles. The Morgan fingerprint density at radius 1 is 1.10 bits per heavy atom. The highest BCUT2D eigenvalue weighted by molar-refractivity contribution is 5.80. The van der Waals surface area contributed by atoms with Crippen molar-refractivity contribution in [2.75, 3.05) is 26.9 Å². The molecule has 0 spiro atoms. The van der Waals surface area contributed by atoms with Crippen molar-refractivity contribution < 1.29 is 24.1 Å². The third kappa shape index (κ3) is 5.49. The first-order valence-electron chi connectivity index (χ1n) is 13.6. The summed E-state index contributed by atoms with van der Waals surface area (Å²) in [7, 11) is 3.13. The number of rotatable bonds is 12. The van der Waals surface area contributed by atoms with E-state index in [9.17, 15) is 19.5 Å². The normalized spacial score (nSPS) is 15.3. The molecule has 0 radical (unpaired) electrons. The summed E-state index contributed by atoms with van der Waals surface area (Å²) in [5.74, 6) is 1.14. The molecule has 10 heteroatoms. The van der Waals surface area contributed by atoms with E-state index in [1.807, 2.05) is 18.2 Å². The zero-order valence-corrected chi connectivity index (χ0v) is 22.9. The zero-order chi connectivity index (χ0) is 28.3. The molecule has 1 N–H and O–H groups in total. The minimum absolute atomic E-state index is 0.0982. The molecule has 1 aromatic heterocycles. The zero-order valence-electron chi connectivity index (χ0n) is 22.9. The standard InChI is InChI=1S/C30H35N3O7/c1-31-13-9-27(34)33(29(31)37)15-17-40-25-7-5-22(19-26(25)38-2)20-32(30(28(35)36)11-3-12-30)14-8-21-4-6-24-23(18-21)10-16-39-24/h4-7,9,13,18-19H,3,8,10-12,14-17,20H2,1-2H3,(H,35,36). The average molecular weight is 550 g/mol. The molecule has 2 heterocycles. The van der Waals surface area contributed by atoms with Gasteiger partial charge in [0.25, 0.3) is 5.56 Å². The average Bonchev–Trinajstić information content (AvgIpc) is 3.39. The summed E-state index contributed by atoms with van der Waals surface area (Å²) in [6, 6.07) is 13.1. The van der Waals surface area contributed by atoms with Crippen molar-refractivity contribution >= 4 is 5.97 Å². The van der Waals surface area contributed by atoms with Gasteiger partial charge >= 0.3 is 11.7 Å². The Labute approximate surface area is 232 Å². The molecule has 1 saturated carbocycles. The summed E-state index contributed by atoms with van der Waals surface area (Å²) in [6.45, 7) is 1.97. The van der Waals surface area contributed by atoms with E-state index in [-0.39, 0.29) is 18.7 Å². The second kappa shape index (κ2) is 11.6. The molecule has 1 fully saturated rings. The number of carboxylic acid groups (broad SMARTS) is 1. The molecule has 1 aliphatic heterocycles. The van der Waals surface area contributed by atoms with Crippen LogP contribution in [0.25, 0.3) is 0 Å². The summed E-state index contributed by atoms with van der Waals surface area (Å²) in [6.07, 6.45) is 5.21. The van der Waals surface area contributed by atoms with Gasteiger partial charge in [-0.15, -0.1) is 0 Å². The lowest BCUT2D eigenvalue weighted by Crippen LogP contribution is -2.59. The number of carbonyl (C=O) groups is 1. The molecule has 2 aliphatic rings. The van der Waals surface area contributed by atoms with Crippen molar-refractivity contribution in [2.24, 2.45) is 7.05 Å². The maximum absolute atomic E-state index is 12.4. The lowest BCUT2D eigenvalue weighted by atomic mass is 9.75. The lowest BCUT2D eigenvalue weighted by molar-refractivity contribution is -0.159. The number of benzene rings is 2. The maximum atomic E-state index is 12.4. The first-order chi connectivity index (χ1) is 19.3. The van der Waals surface area contributed by atoms with Crippen molar-refractivity contribution in [1.29, 1.82) is 0 Å². The smallest absolute Gasteiger partial charge is 0.330 e. The van der Waals surface area contributed by atoms with Crippen molar-refractivity contribution in [3.8, 4) is 17.2 Å².